The van der Waals surface area contributed by atoms with Crippen LogP contribution in [0.15, 0.2) is 84.9 Å². The van der Waals surface area contributed by atoms with E-state index in [0.717, 1.165) is 25.7 Å². The Bertz CT molecular complexity index is 1870. The average Bonchev–Trinajstić information content (AvgIpc) is 4.22. The first-order valence-electron chi connectivity index (χ1n) is 23.6. The Hall–Kier alpha value is -5.03. The van der Waals surface area contributed by atoms with Gasteiger partial charge in [0.15, 0.2) is 6.10 Å². The Kier molecular flexibility index (Phi) is 16.2. The Morgan fingerprint density at radius 3 is 1.48 bits per heavy atom. The van der Waals surface area contributed by atoms with Crippen LogP contribution in [0, 0.1) is 11.8 Å². The molecule has 0 aromatic heterocycles. The van der Waals surface area contributed by atoms with E-state index in [4.69, 9.17) is 4.74 Å². The molecular formula is C51H67N5O6. The van der Waals surface area contributed by atoms with Crippen molar-refractivity contribution in [1.29, 1.82) is 0 Å². The molecule has 0 bridgehead atoms. The molecule has 0 radical (unpaired) electrons. The van der Waals surface area contributed by atoms with Gasteiger partial charge in [0.05, 0.1) is 25.0 Å². The number of rotatable bonds is 22. The predicted octanol–water partition coefficient (Wildman–Crippen LogP) is 7.38. The van der Waals surface area contributed by atoms with E-state index in [2.05, 4.69) is 47.1 Å². The van der Waals surface area contributed by atoms with E-state index < -0.39 is 17.9 Å². The predicted molar refractivity (Wildman–Crippen MR) is 241 cm³/mol. The summed E-state index contributed by atoms with van der Waals surface area (Å²) >= 11 is 0. The minimum atomic E-state index is -0.732. The fourth-order valence-electron chi connectivity index (χ4n) is 9.33. The molecule has 4 aliphatic rings. The molecule has 2 aliphatic carbocycles. The molecule has 7 rings (SSSR count). The summed E-state index contributed by atoms with van der Waals surface area (Å²) in [5.41, 5.74) is 3.13. The lowest BCUT2D eigenvalue weighted by Crippen LogP contribution is -2.51. The number of morpholine rings is 1. The zero-order chi connectivity index (χ0) is 43.3. The molecule has 62 heavy (non-hydrogen) atoms. The number of nitrogens with one attached hydrogen (secondary N) is 3. The molecule has 2 heterocycles. The van der Waals surface area contributed by atoms with Crippen molar-refractivity contribution >= 4 is 29.5 Å². The minimum absolute atomic E-state index is 0.00506. The van der Waals surface area contributed by atoms with Gasteiger partial charge in [-0.15, -0.1) is 0 Å². The van der Waals surface area contributed by atoms with E-state index in [1.54, 1.807) is 34.1 Å². The fraction of sp³-hybridized carbons (Fsp3) is 0.549. The van der Waals surface area contributed by atoms with Crippen molar-refractivity contribution in [2.24, 2.45) is 11.8 Å². The van der Waals surface area contributed by atoms with E-state index in [-0.39, 0.29) is 79.7 Å². The van der Waals surface area contributed by atoms with E-state index in [1.165, 1.54) is 75.3 Å². The number of carbonyl (C=O) groups is 5. The van der Waals surface area contributed by atoms with Crippen LogP contribution < -0.4 is 16.0 Å². The molecule has 332 valence electrons. The number of likely N-dealkylation sites (tertiary alicyclic amines) is 1. The molecule has 4 fully saturated rings. The second-order valence-corrected chi connectivity index (χ2v) is 18.0. The highest BCUT2D eigenvalue weighted by atomic mass is 16.5. The number of carbonyl (C=O) groups excluding carboxylic acids is 5. The molecule has 11 heteroatoms. The number of nitrogens with zero attached hydrogens (tertiary/aromatic N) is 2. The standard InChI is InChI=1S/C51H67N5O6/c1-2-3-4-5-6-7-8-9-10-11-12-19-28-52-49(59)46-35-55(29-30-62-46)50(60)38-24-26-39(27-25-38)51(61)56-33-42(47(57)53-44-31-40(44)36-20-15-13-16-21-36)43(34-56)48(58)54-45-32-41(45)37-22-17-14-18-23-37/h13-18,20-27,40-46H,2-12,19,28-35H2,1H3,(H,52,59)(H,53,57)(H,54,58)/t40-,41-,42-,43-,44+,45+,46-/m1/s1. The van der Waals surface area contributed by atoms with Crippen molar-refractivity contribution in [3.63, 3.8) is 0 Å². The summed E-state index contributed by atoms with van der Waals surface area (Å²) in [5, 5.41) is 9.38. The number of amides is 5. The van der Waals surface area contributed by atoms with Crippen molar-refractivity contribution in [3.05, 3.63) is 107 Å². The third-order valence-electron chi connectivity index (χ3n) is 13.3. The summed E-state index contributed by atoms with van der Waals surface area (Å²) in [5.74, 6) is -2.05. The van der Waals surface area contributed by atoms with Gasteiger partial charge in [-0.05, 0) is 54.7 Å². The van der Waals surface area contributed by atoms with Crippen LogP contribution in [0.25, 0.3) is 0 Å². The Balaban J connectivity index is 0.875. The molecule has 7 atom stereocenters. The van der Waals surface area contributed by atoms with Crippen LogP contribution in [-0.4, -0.2) is 96.9 Å². The van der Waals surface area contributed by atoms with Crippen LogP contribution in [-0.2, 0) is 19.1 Å². The number of ether oxygens (including phenoxy) is 1. The van der Waals surface area contributed by atoms with Crippen molar-refractivity contribution in [3.8, 4) is 0 Å². The second-order valence-electron chi connectivity index (χ2n) is 18.0. The zero-order valence-electron chi connectivity index (χ0n) is 36.6. The van der Waals surface area contributed by atoms with Gasteiger partial charge in [-0.3, -0.25) is 24.0 Å². The maximum Gasteiger partial charge on any atom is 0.254 e. The van der Waals surface area contributed by atoms with Crippen LogP contribution in [0.1, 0.15) is 140 Å². The number of hydrogen-bond donors (Lipinski definition) is 3. The van der Waals surface area contributed by atoms with Gasteiger partial charge in [-0.25, -0.2) is 0 Å². The van der Waals surface area contributed by atoms with E-state index in [0.29, 0.717) is 24.2 Å². The summed E-state index contributed by atoms with van der Waals surface area (Å²) in [6, 6.07) is 26.7. The molecule has 0 spiro atoms. The van der Waals surface area contributed by atoms with Gasteiger partial charge in [-0.2, -0.15) is 0 Å². The van der Waals surface area contributed by atoms with E-state index in [1.807, 2.05) is 36.4 Å². The molecule has 5 amide bonds. The van der Waals surface area contributed by atoms with Crippen molar-refractivity contribution < 1.29 is 28.7 Å². The SMILES string of the molecule is CCCCCCCCCCCCCCNC(=O)[C@H]1CN(C(=O)c2ccc(C(=O)N3C[C@@H](C(=O)N[C@H]4C[C@@H]4c4ccccc4)[C@H](C(=O)N[C@H]4C[C@@H]4c4ccccc4)C3)cc2)CCO1. The highest BCUT2D eigenvalue weighted by Gasteiger charge is 2.49. The summed E-state index contributed by atoms with van der Waals surface area (Å²) in [4.78, 5) is 71.5. The topological polar surface area (TPSA) is 137 Å². The van der Waals surface area contributed by atoms with E-state index in [9.17, 15) is 24.0 Å². The summed E-state index contributed by atoms with van der Waals surface area (Å²) in [6.45, 7) is 3.87. The van der Waals surface area contributed by atoms with Crippen LogP contribution >= 0.6 is 0 Å². The summed E-state index contributed by atoms with van der Waals surface area (Å²) in [6.07, 6.45) is 16.0. The molecule has 3 aromatic rings. The van der Waals surface area contributed by atoms with Gasteiger partial charge in [0.2, 0.25) is 11.8 Å². The lowest BCUT2D eigenvalue weighted by molar-refractivity contribution is -0.137. The van der Waals surface area contributed by atoms with Gasteiger partial charge in [0.1, 0.15) is 0 Å². The molecule has 2 saturated carbocycles. The first-order valence-corrected chi connectivity index (χ1v) is 23.6. The van der Waals surface area contributed by atoms with Crippen LogP contribution in [0.4, 0.5) is 0 Å². The zero-order valence-corrected chi connectivity index (χ0v) is 36.6. The highest BCUT2D eigenvalue weighted by molar-refractivity contribution is 5.99. The van der Waals surface area contributed by atoms with Gasteiger partial charge in [0.25, 0.3) is 17.7 Å². The Morgan fingerprint density at radius 2 is 1.00 bits per heavy atom. The normalized spacial score (nSPS) is 24.0. The second kappa shape index (κ2) is 22.4. The molecule has 3 aromatic carbocycles. The fourth-order valence-corrected chi connectivity index (χ4v) is 9.33. The third kappa shape index (κ3) is 12.3. The monoisotopic (exact) mass is 846 g/mol. The summed E-state index contributed by atoms with van der Waals surface area (Å²) in [7, 11) is 0. The van der Waals surface area contributed by atoms with Crippen LogP contribution in [0.2, 0.25) is 0 Å². The molecule has 2 aliphatic heterocycles. The first-order chi connectivity index (χ1) is 30.3. The lowest BCUT2D eigenvalue weighted by atomic mass is 9.94. The maximum absolute atomic E-state index is 14.0. The highest BCUT2D eigenvalue weighted by Crippen LogP contribution is 2.42. The minimum Gasteiger partial charge on any atom is -0.365 e. The number of hydrogen-bond acceptors (Lipinski definition) is 6. The Morgan fingerprint density at radius 1 is 0.548 bits per heavy atom. The smallest absolute Gasteiger partial charge is 0.254 e. The van der Waals surface area contributed by atoms with Crippen molar-refractivity contribution in [2.45, 2.75) is 127 Å². The van der Waals surface area contributed by atoms with Gasteiger partial charge in [0, 0.05) is 61.2 Å². The number of unbranched alkanes of at least 4 members (excludes halogenated alkanes) is 11. The lowest BCUT2D eigenvalue weighted by Gasteiger charge is -2.32. The van der Waals surface area contributed by atoms with Gasteiger partial charge in [-0.1, -0.05) is 138 Å². The average molecular weight is 846 g/mol. The third-order valence-corrected chi connectivity index (χ3v) is 13.3. The van der Waals surface area contributed by atoms with Gasteiger partial charge >= 0.3 is 0 Å². The molecular weight excluding hydrogens is 779 g/mol. The van der Waals surface area contributed by atoms with Crippen molar-refractivity contribution in [1.82, 2.24) is 25.8 Å². The first kappa shape index (κ1) is 45.0. The van der Waals surface area contributed by atoms with E-state index >= 15 is 0 Å². The van der Waals surface area contributed by atoms with Crippen LogP contribution in [0.3, 0.4) is 0 Å². The molecule has 2 saturated heterocycles. The molecule has 11 nitrogen and oxygen atoms in total. The maximum atomic E-state index is 14.0. The largest absolute Gasteiger partial charge is 0.365 e. The molecule has 0 unspecified atom stereocenters. The Labute approximate surface area is 368 Å². The van der Waals surface area contributed by atoms with Crippen molar-refractivity contribution in [2.75, 3.05) is 39.3 Å². The molecule has 3 N–H and O–H groups in total. The van der Waals surface area contributed by atoms with Gasteiger partial charge < -0.3 is 30.5 Å². The quantitative estimate of drug-likeness (QED) is 0.0904. The summed E-state index contributed by atoms with van der Waals surface area (Å²) < 4.78 is 5.77. The number of benzene rings is 3. The van der Waals surface area contributed by atoms with Crippen LogP contribution in [0.5, 0.6) is 0 Å².